The Morgan fingerprint density at radius 3 is 2.24 bits per heavy atom. The Hall–Kier alpha value is -1.88. The van der Waals surface area contributed by atoms with E-state index in [4.69, 9.17) is 0 Å². The number of nitrogens with one attached hydrogen (secondary N) is 3. The first kappa shape index (κ1) is 17.2. The van der Waals surface area contributed by atoms with Crippen LogP contribution in [0.2, 0.25) is 0 Å². The third-order valence-electron chi connectivity index (χ3n) is 2.70. The summed E-state index contributed by atoms with van der Waals surface area (Å²) < 4.78 is 0. The smallest absolute Gasteiger partial charge is 0.251 e. The molecule has 3 N–H and O–H groups in total. The third-order valence-corrected chi connectivity index (χ3v) is 2.70. The summed E-state index contributed by atoms with van der Waals surface area (Å²) in [5, 5.41) is 8.80. The second kappa shape index (κ2) is 7.78. The van der Waals surface area contributed by atoms with Crippen molar-refractivity contribution in [2.24, 2.45) is 0 Å². The van der Waals surface area contributed by atoms with E-state index in [-0.39, 0.29) is 17.4 Å². The number of hydrogen-bond acceptors (Lipinski definition) is 3. The Bertz CT molecular complexity index is 475. The van der Waals surface area contributed by atoms with Crippen LogP contribution in [0.25, 0.3) is 0 Å². The lowest BCUT2D eigenvalue weighted by molar-refractivity contribution is -0.116. The topological polar surface area (TPSA) is 70.2 Å². The van der Waals surface area contributed by atoms with E-state index in [1.54, 1.807) is 24.3 Å². The first-order chi connectivity index (χ1) is 9.81. The molecule has 0 saturated carbocycles. The van der Waals surface area contributed by atoms with E-state index in [2.05, 4.69) is 16.0 Å². The SMILES string of the molecule is CCNCCC(=O)Nc1ccc(C(=O)NC(C)(C)C)cc1. The van der Waals surface area contributed by atoms with Gasteiger partial charge in [-0.2, -0.15) is 0 Å². The summed E-state index contributed by atoms with van der Waals surface area (Å²) in [4.78, 5) is 23.6. The van der Waals surface area contributed by atoms with Gasteiger partial charge in [0.1, 0.15) is 0 Å². The molecule has 0 aliphatic rings. The molecule has 1 aromatic rings. The lowest BCUT2D eigenvalue weighted by Gasteiger charge is -2.20. The van der Waals surface area contributed by atoms with Gasteiger partial charge in [0, 0.05) is 29.8 Å². The van der Waals surface area contributed by atoms with Crippen LogP contribution in [0.5, 0.6) is 0 Å². The fraction of sp³-hybridized carbons (Fsp3) is 0.500. The average molecular weight is 291 g/mol. The monoisotopic (exact) mass is 291 g/mol. The van der Waals surface area contributed by atoms with Gasteiger partial charge in [0.25, 0.3) is 5.91 Å². The number of carbonyl (C=O) groups is 2. The van der Waals surface area contributed by atoms with Gasteiger partial charge in [-0.05, 0) is 51.6 Å². The number of hydrogen-bond donors (Lipinski definition) is 3. The van der Waals surface area contributed by atoms with Crippen LogP contribution in [0, 0.1) is 0 Å². The number of benzene rings is 1. The molecule has 0 aliphatic heterocycles. The Balaban J connectivity index is 2.54. The molecule has 0 heterocycles. The maximum atomic E-state index is 12.0. The van der Waals surface area contributed by atoms with Crippen LogP contribution in [0.3, 0.4) is 0 Å². The molecule has 2 amide bonds. The van der Waals surface area contributed by atoms with Crippen molar-refractivity contribution in [1.29, 1.82) is 0 Å². The van der Waals surface area contributed by atoms with Crippen molar-refractivity contribution in [3.05, 3.63) is 29.8 Å². The summed E-state index contributed by atoms with van der Waals surface area (Å²) >= 11 is 0. The number of amides is 2. The van der Waals surface area contributed by atoms with E-state index in [1.165, 1.54) is 0 Å². The quantitative estimate of drug-likeness (QED) is 0.703. The zero-order valence-electron chi connectivity index (χ0n) is 13.2. The van der Waals surface area contributed by atoms with E-state index in [0.29, 0.717) is 24.2 Å². The zero-order valence-corrected chi connectivity index (χ0v) is 13.2. The number of anilines is 1. The largest absolute Gasteiger partial charge is 0.347 e. The van der Waals surface area contributed by atoms with Gasteiger partial charge >= 0.3 is 0 Å². The van der Waals surface area contributed by atoms with Crippen molar-refractivity contribution in [2.75, 3.05) is 18.4 Å². The molecular formula is C16H25N3O2. The summed E-state index contributed by atoms with van der Waals surface area (Å²) in [7, 11) is 0. The van der Waals surface area contributed by atoms with Crippen LogP contribution in [0.4, 0.5) is 5.69 Å². The minimum atomic E-state index is -0.268. The first-order valence-electron chi connectivity index (χ1n) is 7.25. The summed E-state index contributed by atoms with van der Waals surface area (Å²) in [6.07, 6.45) is 0.431. The minimum Gasteiger partial charge on any atom is -0.347 e. The third kappa shape index (κ3) is 6.90. The maximum absolute atomic E-state index is 12.0. The highest BCUT2D eigenvalue weighted by Crippen LogP contribution is 2.11. The lowest BCUT2D eigenvalue weighted by atomic mass is 10.1. The van der Waals surface area contributed by atoms with Gasteiger partial charge in [-0.15, -0.1) is 0 Å². The van der Waals surface area contributed by atoms with Gasteiger partial charge in [-0.3, -0.25) is 9.59 Å². The molecule has 0 fully saturated rings. The minimum absolute atomic E-state index is 0.0390. The molecule has 0 saturated heterocycles. The van der Waals surface area contributed by atoms with Crippen LogP contribution in [-0.2, 0) is 4.79 Å². The van der Waals surface area contributed by atoms with Gasteiger partial charge in [-0.1, -0.05) is 6.92 Å². The molecule has 5 heteroatoms. The van der Waals surface area contributed by atoms with Crippen LogP contribution < -0.4 is 16.0 Å². The van der Waals surface area contributed by atoms with Crippen molar-refractivity contribution in [3.8, 4) is 0 Å². The highest BCUT2D eigenvalue weighted by Gasteiger charge is 2.15. The van der Waals surface area contributed by atoms with Gasteiger partial charge in [0.2, 0.25) is 5.91 Å². The fourth-order valence-electron chi connectivity index (χ4n) is 1.72. The molecule has 0 bridgehead atoms. The predicted octanol–water partition coefficient (Wildman–Crippen LogP) is 2.15. The first-order valence-corrected chi connectivity index (χ1v) is 7.25. The lowest BCUT2D eigenvalue weighted by Crippen LogP contribution is -2.40. The molecule has 5 nitrogen and oxygen atoms in total. The van der Waals surface area contributed by atoms with E-state index in [0.717, 1.165) is 6.54 Å². The van der Waals surface area contributed by atoms with E-state index in [9.17, 15) is 9.59 Å². The van der Waals surface area contributed by atoms with Gasteiger partial charge < -0.3 is 16.0 Å². The Morgan fingerprint density at radius 1 is 1.10 bits per heavy atom. The molecule has 0 spiro atoms. The molecule has 21 heavy (non-hydrogen) atoms. The molecule has 0 aliphatic carbocycles. The normalized spacial score (nSPS) is 11.0. The zero-order chi connectivity index (χ0) is 15.9. The Kier molecular flexibility index (Phi) is 6.37. The van der Waals surface area contributed by atoms with Crippen molar-refractivity contribution in [1.82, 2.24) is 10.6 Å². The molecule has 1 rings (SSSR count). The van der Waals surface area contributed by atoms with E-state index < -0.39 is 0 Å². The van der Waals surface area contributed by atoms with E-state index >= 15 is 0 Å². The van der Waals surface area contributed by atoms with Crippen molar-refractivity contribution in [3.63, 3.8) is 0 Å². The van der Waals surface area contributed by atoms with Gasteiger partial charge in [0.05, 0.1) is 0 Å². The molecule has 116 valence electrons. The number of rotatable bonds is 6. The molecular weight excluding hydrogens is 266 g/mol. The van der Waals surface area contributed by atoms with Gasteiger partial charge in [0.15, 0.2) is 0 Å². The maximum Gasteiger partial charge on any atom is 0.251 e. The Labute approximate surface area is 126 Å². The molecule has 1 aromatic carbocycles. The molecule has 0 atom stereocenters. The van der Waals surface area contributed by atoms with Crippen LogP contribution in [0.15, 0.2) is 24.3 Å². The highest BCUT2D eigenvalue weighted by molar-refractivity contribution is 5.96. The predicted molar refractivity (Wildman–Crippen MR) is 85.5 cm³/mol. The molecule has 0 unspecified atom stereocenters. The summed E-state index contributed by atoms with van der Waals surface area (Å²) in [5.41, 5.74) is 1.01. The number of carbonyl (C=O) groups excluding carboxylic acids is 2. The van der Waals surface area contributed by atoms with Crippen LogP contribution in [0.1, 0.15) is 44.5 Å². The van der Waals surface area contributed by atoms with Crippen molar-refractivity contribution >= 4 is 17.5 Å². The van der Waals surface area contributed by atoms with E-state index in [1.807, 2.05) is 27.7 Å². The summed E-state index contributed by atoms with van der Waals surface area (Å²) in [6, 6.07) is 6.90. The Morgan fingerprint density at radius 2 is 1.71 bits per heavy atom. The second-order valence-electron chi connectivity index (χ2n) is 5.93. The second-order valence-corrected chi connectivity index (χ2v) is 5.93. The van der Waals surface area contributed by atoms with Crippen LogP contribution >= 0.6 is 0 Å². The van der Waals surface area contributed by atoms with Crippen LogP contribution in [-0.4, -0.2) is 30.4 Å². The van der Waals surface area contributed by atoms with Crippen molar-refractivity contribution in [2.45, 2.75) is 39.7 Å². The fourth-order valence-corrected chi connectivity index (χ4v) is 1.72. The summed E-state index contributed by atoms with van der Waals surface area (Å²) in [6.45, 7) is 9.32. The van der Waals surface area contributed by atoms with Crippen molar-refractivity contribution < 1.29 is 9.59 Å². The standard InChI is InChI=1S/C16H25N3O2/c1-5-17-11-10-14(20)18-13-8-6-12(7-9-13)15(21)19-16(2,3)4/h6-9,17H,5,10-11H2,1-4H3,(H,18,20)(H,19,21). The highest BCUT2D eigenvalue weighted by atomic mass is 16.2. The average Bonchev–Trinajstić information content (AvgIpc) is 2.38. The summed E-state index contributed by atoms with van der Waals surface area (Å²) in [5.74, 6) is -0.157. The molecule has 0 aromatic heterocycles. The van der Waals surface area contributed by atoms with Gasteiger partial charge in [-0.25, -0.2) is 0 Å². The molecule has 0 radical (unpaired) electrons.